The van der Waals surface area contributed by atoms with Gasteiger partial charge in [-0.1, -0.05) is 0 Å². The minimum atomic E-state index is 0. The quantitative estimate of drug-likeness (QED) is 0.133. The molecule has 0 radical (unpaired) electrons. The van der Waals surface area contributed by atoms with Crippen LogP contribution in [0.4, 0.5) is 33.0 Å². The molecule has 0 atom stereocenters. The molecule has 0 spiro atoms. The molecular weight excluding hydrogens is 648 g/mol. The van der Waals surface area contributed by atoms with Gasteiger partial charge in [-0.3, -0.25) is 0 Å². The minimum absolute atomic E-state index is 0. The molecule has 202 valence electrons. The third-order valence-electron chi connectivity index (χ3n) is 5.84. The standard InChI is InChI=1S/C26H32N8S2.2BrH/c1-31(23-11-7-21(8-12-23)27-29-25-33(3)17-19-35-25)15-5-6-16-32(2)24-13-9-22(10-14-24)28-30-26-34(4)18-20-36-26;;/h7-14,17-20H,5-6,15-16H2,1-4H3;2*1H/q+2;;/p-2. The van der Waals surface area contributed by atoms with Crippen molar-refractivity contribution in [1.82, 2.24) is 0 Å². The van der Waals surface area contributed by atoms with Gasteiger partial charge in [0.2, 0.25) is 0 Å². The van der Waals surface area contributed by atoms with Crippen LogP contribution in [0.25, 0.3) is 0 Å². The average Bonchev–Trinajstić information content (AvgIpc) is 3.51. The number of unbranched alkanes of at least 4 members (excludes halogenated alkanes) is 1. The van der Waals surface area contributed by atoms with Gasteiger partial charge in [-0.25, -0.2) is 9.13 Å². The second-order valence-corrected chi connectivity index (χ2v) is 10.3. The maximum absolute atomic E-state index is 4.34. The predicted molar refractivity (Wildman–Crippen MR) is 148 cm³/mol. The second kappa shape index (κ2) is 15.8. The van der Waals surface area contributed by atoms with E-state index < -0.39 is 0 Å². The number of hydrogen-bond donors (Lipinski definition) is 0. The third kappa shape index (κ3) is 9.04. The van der Waals surface area contributed by atoms with Crippen LogP contribution in [0.1, 0.15) is 12.8 Å². The monoisotopic (exact) mass is 678 g/mol. The summed E-state index contributed by atoms with van der Waals surface area (Å²) in [6.07, 6.45) is 6.18. The molecule has 0 unspecified atom stereocenters. The Kier molecular flexibility index (Phi) is 13.1. The maximum Gasteiger partial charge on any atom is 0.408 e. The normalized spacial score (nSPS) is 10.9. The fourth-order valence-electron chi connectivity index (χ4n) is 3.55. The lowest BCUT2D eigenvalue weighted by molar-refractivity contribution is -0.654. The number of aromatic nitrogens is 2. The summed E-state index contributed by atoms with van der Waals surface area (Å²) in [6, 6.07) is 16.5. The first kappa shape index (κ1) is 31.7. The molecule has 0 N–H and O–H groups in total. The average molecular weight is 681 g/mol. The number of aryl methyl sites for hydroxylation is 2. The van der Waals surface area contributed by atoms with E-state index in [0.717, 1.165) is 47.6 Å². The van der Waals surface area contributed by atoms with Crippen LogP contribution in [0.2, 0.25) is 0 Å². The smallest absolute Gasteiger partial charge is 0.408 e. The molecule has 12 heteroatoms. The van der Waals surface area contributed by atoms with E-state index in [1.54, 1.807) is 22.7 Å². The lowest BCUT2D eigenvalue weighted by Crippen LogP contribution is -3.00. The van der Waals surface area contributed by atoms with Gasteiger partial charge < -0.3 is 43.8 Å². The van der Waals surface area contributed by atoms with E-state index in [-0.39, 0.29) is 34.0 Å². The van der Waals surface area contributed by atoms with Gasteiger partial charge in [0, 0.05) is 49.3 Å². The van der Waals surface area contributed by atoms with Crippen LogP contribution in [0.3, 0.4) is 0 Å². The highest BCUT2D eigenvalue weighted by Crippen LogP contribution is 2.24. The van der Waals surface area contributed by atoms with Crippen molar-refractivity contribution in [2.24, 2.45) is 34.6 Å². The fourth-order valence-corrected chi connectivity index (χ4v) is 4.91. The van der Waals surface area contributed by atoms with Crippen molar-refractivity contribution >= 4 is 55.7 Å². The number of hydrogen-bond acceptors (Lipinski definition) is 8. The van der Waals surface area contributed by atoms with Gasteiger partial charge in [-0.15, -0.1) is 0 Å². The summed E-state index contributed by atoms with van der Waals surface area (Å²) >= 11 is 3.15. The minimum Gasteiger partial charge on any atom is -1.00 e. The Morgan fingerprint density at radius 3 is 1.29 bits per heavy atom. The molecule has 0 aliphatic heterocycles. The van der Waals surface area contributed by atoms with Gasteiger partial charge >= 0.3 is 10.3 Å². The van der Waals surface area contributed by atoms with Crippen molar-refractivity contribution in [3.63, 3.8) is 0 Å². The van der Waals surface area contributed by atoms with E-state index in [0.29, 0.717) is 0 Å². The van der Waals surface area contributed by atoms with Gasteiger partial charge in [-0.2, -0.15) is 0 Å². The van der Waals surface area contributed by atoms with Crippen LogP contribution in [0, 0.1) is 0 Å². The zero-order valence-corrected chi connectivity index (χ0v) is 26.7. The van der Waals surface area contributed by atoms with Gasteiger partial charge in [0.25, 0.3) is 0 Å². The first-order valence-electron chi connectivity index (χ1n) is 11.8. The van der Waals surface area contributed by atoms with E-state index in [1.807, 2.05) is 70.6 Å². The summed E-state index contributed by atoms with van der Waals surface area (Å²) in [5, 5.41) is 23.1. The molecule has 0 aliphatic rings. The number of anilines is 2. The number of benzene rings is 2. The molecule has 0 aliphatic carbocycles. The van der Waals surface area contributed by atoms with Gasteiger partial charge in [-0.05, 0) is 94.3 Å². The molecule has 2 heterocycles. The SMILES string of the molecule is CN(CCCCN(C)c1ccc(N=Nc2scc[n+]2C)cc1)c1ccc(N=Nc2scc[n+]2C)cc1.[Br-].[Br-]. The number of nitrogens with zero attached hydrogens (tertiary/aromatic N) is 8. The van der Waals surface area contributed by atoms with Crippen molar-refractivity contribution in [3.8, 4) is 0 Å². The molecule has 0 fully saturated rings. The van der Waals surface area contributed by atoms with Crippen molar-refractivity contribution in [1.29, 1.82) is 0 Å². The zero-order valence-electron chi connectivity index (χ0n) is 21.9. The van der Waals surface area contributed by atoms with Crippen molar-refractivity contribution < 1.29 is 43.1 Å². The van der Waals surface area contributed by atoms with Crippen LogP contribution >= 0.6 is 22.7 Å². The number of thiazole rings is 2. The number of halogens is 2. The van der Waals surface area contributed by atoms with Crippen LogP contribution in [-0.2, 0) is 14.1 Å². The molecule has 2 aromatic carbocycles. The Labute approximate surface area is 253 Å². The van der Waals surface area contributed by atoms with E-state index >= 15 is 0 Å². The summed E-state index contributed by atoms with van der Waals surface area (Å²) in [4.78, 5) is 4.57. The molecule has 4 rings (SSSR count). The third-order valence-corrected chi connectivity index (χ3v) is 7.52. The fraction of sp³-hybridized carbons (Fsp3) is 0.308. The lowest BCUT2D eigenvalue weighted by Gasteiger charge is -2.22. The molecular formula is C26H32Br2N8S2. The van der Waals surface area contributed by atoms with Crippen LogP contribution in [0.5, 0.6) is 0 Å². The Morgan fingerprint density at radius 1 is 0.605 bits per heavy atom. The highest BCUT2D eigenvalue weighted by Gasteiger charge is 2.09. The Balaban J connectivity index is 0.00000253. The topological polar surface area (TPSA) is 63.7 Å². The summed E-state index contributed by atoms with van der Waals surface area (Å²) in [5.74, 6) is 0. The van der Waals surface area contributed by atoms with E-state index in [9.17, 15) is 0 Å². The highest BCUT2D eigenvalue weighted by molar-refractivity contribution is 7.13. The molecule has 0 saturated heterocycles. The van der Waals surface area contributed by atoms with Gasteiger partial charge in [0.15, 0.2) is 0 Å². The van der Waals surface area contributed by atoms with Crippen molar-refractivity contribution in [2.45, 2.75) is 12.8 Å². The number of rotatable bonds is 11. The van der Waals surface area contributed by atoms with E-state index in [2.05, 4.69) is 68.6 Å². The van der Waals surface area contributed by atoms with Crippen LogP contribution in [0.15, 0.2) is 92.1 Å². The maximum atomic E-state index is 4.34. The summed E-state index contributed by atoms with van der Waals surface area (Å²) in [6.45, 7) is 2.00. The van der Waals surface area contributed by atoms with E-state index in [4.69, 9.17) is 0 Å². The predicted octanol–water partition coefficient (Wildman–Crippen LogP) is 0.650. The molecule has 4 aromatic rings. The van der Waals surface area contributed by atoms with E-state index in [1.165, 1.54) is 11.4 Å². The second-order valence-electron chi connectivity index (χ2n) is 8.58. The summed E-state index contributed by atoms with van der Waals surface area (Å²) < 4.78 is 3.92. The molecule has 0 saturated carbocycles. The Bertz CT molecular complexity index is 1200. The lowest BCUT2D eigenvalue weighted by atomic mass is 10.2. The van der Waals surface area contributed by atoms with Crippen LogP contribution in [-0.4, -0.2) is 27.2 Å². The molecule has 0 amide bonds. The zero-order chi connectivity index (χ0) is 25.3. The molecule has 0 bridgehead atoms. The first-order valence-corrected chi connectivity index (χ1v) is 13.6. The van der Waals surface area contributed by atoms with Crippen molar-refractivity contribution in [3.05, 3.63) is 71.7 Å². The van der Waals surface area contributed by atoms with Gasteiger partial charge in [0.1, 0.15) is 23.8 Å². The Morgan fingerprint density at radius 2 is 0.974 bits per heavy atom. The van der Waals surface area contributed by atoms with Gasteiger partial charge in [0.05, 0.1) is 24.3 Å². The summed E-state index contributed by atoms with van der Waals surface area (Å²) in [7, 11) is 8.21. The summed E-state index contributed by atoms with van der Waals surface area (Å²) in [5.41, 5.74) is 4.08. The molecule has 8 nitrogen and oxygen atoms in total. The largest absolute Gasteiger partial charge is 1.00 e. The molecule has 38 heavy (non-hydrogen) atoms. The molecule has 2 aromatic heterocycles. The first-order chi connectivity index (χ1) is 17.5. The van der Waals surface area contributed by atoms with Crippen molar-refractivity contribution in [2.75, 3.05) is 37.0 Å². The highest BCUT2D eigenvalue weighted by atomic mass is 79.9. The van der Waals surface area contributed by atoms with Crippen LogP contribution < -0.4 is 52.9 Å². The Hall–Kier alpha value is -2.54. The number of azo groups is 2.